The number of nitriles is 1. The van der Waals surface area contributed by atoms with Crippen LogP contribution in [0.5, 0.6) is 0 Å². The van der Waals surface area contributed by atoms with Gasteiger partial charge in [0.05, 0.1) is 6.07 Å². The van der Waals surface area contributed by atoms with Gasteiger partial charge in [-0.3, -0.25) is 4.79 Å². The minimum absolute atomic E-state index is 0.0120. The monoisotopic (exact) mass is 236 g/mol. The van der Waals surface area contributed by atoms with Gasteiger partial charge in [-0.25, -0.2) is 0 Å². The van der Waals surface area contributed by atoms with E-state index >= 15 is 0 Å². The summed E-state index contributed by atoms with van der Waals surface area (Å²) in [5, 5.41) is 9.11. The van der Waals surface area contributed by atoms with Crippen molar-refractivity contribution < 1.29 is 4.79 Å². The van der Waals surface area contributed by atoms with Gasteiger partial charge in [-0.1, -0.05) is 32.1 Å². The van der Waals surface area contributed by atoms with Crippen LogP contribution in [0.3, 0.4) is 0 Å². The lowest BCUT2D eigenvalue weighted by molar-refractivity contribution is -0.130. The summed E-state index contributed by atoms with van der Waals surface area (Å²) in [5.41, 5.74) is 0. The Morgan fingerprint density at radius 3 is 2.41 bits per heavy atom. The molecule has 0 saturated heterocycles. The van der Waals surface area contributed by atoms with E-state index in [0.717, 1.165) is 0 Å². The third kappa shape index (κ3) is 4.03. The van der Waals surface area contributed by atoms with Gasteiger partial charge in [0.2, 0.25) is 5.91 Å². The third-order valence-corrected chi connectivity index (χ3v) is 4.01. The molecule has 3 heteroatoms. The molecule has 2 atom stereocenters. The Hall–Kier alpha value is -1.04. The average molecular weight is 236 g/mol. The lowest BCUT2D eigenvalue weighted by Crippen LogP contribution is -2.31. The van der Waals surface area contributed by atoms with E-state index in [1.807, 2.05) is 6.92 Å². The second-order valence-corrected chi connectivity index (χ2v) is 5.47. The van der Waals surface area contributed by atoms with Crippen LogP contribution in [-0.2, 0) is 4.79 Å². The maximum atomic E-state index is 11.8. The highest BCUT2D eigenvalue weighted by Gasteiger charge is 2.30. The molecule has 0 bridgehead atoms. The van der Waals surface area contributed by atoms with Crippen molar-refractivity contribution in [2.24, 2.45) is 17.8 Å². The Kier molecular flexibility index (Phi) is 5.47. The summed E-state index contributed by atoms with van der Waals surface area (Å²) >= 11 is 0. The number of hydrogen-bond donors (Lipinski definition) is 0. The first-order valence-corrected chi connectivity index (χ1v) is 6.66. The summed E-state index contributed by atoms with van der Waals surface area (Å²) in [6.07, 6.45) is 6.75. The summed E-state index contributed by atoms with van der Waals surface area (Å²) in [6.45, 7) is 1.96. The number of amides is 1. The second-order valence-electron chi connectivity index (χ2n) is 5.47. The minimum atomic E-state index is -0.0120. The maximum Gasteiger partial charge on any atom is 0.222 e. The zero-order chi connectivity index (χ0) is 12.8. The first-order chi connectivity index (χ1) is 8.06. The SMILES string of the molecule is C[C@H](C#N)[C@H](CC(=O)N(C)C)C1CCCCC1. The van der Waals surface area contributed by atoms with Crippen molar-refractivity contribution in [2.75, 3.05) is 14.1 Å². The number of hydrogen-bond acceptors (Lipinski definition) is 2. The molecule has 1 saturated carbocycles. The van der Waals surface area contributed by atoms with Crippen LogP contribution >= 0.6 is 0 Å². The molecule has 0 spiro atoms. The molecule has 0 heterocycles. The quantitative estimate of drug-likeness (QED) is 0.753. The number of carbonyl (C=O) groups excluding carboxylic acids is 1. The Morgan fingerprint density at radius 2 is 1.94 bits per heavy atom. The van der Waals surface area contributed by atoms with Crippen LogP contribution in [0, 0.1) is 29.1 Å². The predicted octanol–water partition coefficient (Wildman–Crippen LogP) is 2.82. The Balaban J connectivity index is 2.66. The molecule has 1 aliphatic rings. The van der Waals surface area contributed by atoms with Crippen LogP contribution in [0.1, 0.15) is 45.4 Å². The zero-order valence-corrected chi connectivity index (χ0v) is 11.3. The van der Waals surface area contributed by atoms with Crippen molar-refractivity contribution in [3.8, 4) is 6.07 Å². The highest BCUT2D eigenvalue weighted by atomic mass is 16.2. The van der Waals surface area contributed by atoms with E-state index in [1.54, 1.807) is 19.0 Å². The lowest BCUT2D eigenvalue weighted by Gasteiger charge is -2.32. The molecule has 1 amide bonds. The smallest absolute Gasteiger partial charge is 0.222 e. The highest BCUT2D eigenvalue weighted by molar-refractivity contribution is 5.75. The maximum absolute atomic E-state index is 11.8. The molecular weight excluding hydrogens is 212 g/mol. The number of nitrogens with zero attached hydrogens (tertiary/aromatic N) is 2. The van der Waals surface area contributed by atoms with E-state index in [2.05, 4.69) is 6.07 Å². The van der Waals surface area contributed by atoms with Crippen molar-refractivity contribution in [3.05, 3.63) is 0 Å². The van der Waals surface area contributed by atoms with Crippen LogP contribution < -0.4 is 0 Å². The molecule has 0 radical (unpaired) electrons. The van der Waals surface area contributed by atoms with Gasteiger partial charge in [0.25, 0.3) is 0 Å². The molecule has 0 aromatic rings. The molecule has 0 aromatic carbocycles. The molecule has 3 nitrogen and oxygen atoms in total. The van der Waals surface area contributed by atoms with Gasteiger partial charge in [0.1, 0.15) is 0 Å². The molecule has 0 N–H and O–H groups in total. The van der Waals surface area contributed by atoms with Crippen molar-refractivity contribution in [2.45, 2.75) is 45.4 Å². The summed E-state index contributed by atoms with van der Waals surface area (Å²) in [7, 11) is 3.58. The van der Waals surface area contributed by atoms with E-state index in [1.165, 1.54) is 32.1 Å². The minimum Gasteiger partial charge on any atom is -0.349 e. The average Bonchev–Trinajstić information content (AvgIpc) is 2.35. The fourth-order valence-electron chi connectivity index (χ4n) is 2.79. The van der Waals surface area contributed by atoms with E-state index in [-0.39, 0.29) is 17.7 Å². The largest absolute Gasteiger partial charge is 0.349 e. The van der Waals surface area contributed by atoms with E-state index in [9.17, 15) is 4.79 Å². The normalized spacial score (nSPS) is 20.4. The van der Waals surface area contributed by atoms with Gasteiger partial charge in [0.15, 0.2) is 0 Å². The fourth-order valence-corrected chi connectivity index (χ4v) is 2.79. The molecule has 1 rings (SSSR count). The first kappa shape index (κ1) is 14.0. The molecule has 0 aromatic heterocycles. The summed E-state index contributed by atoms with van der Waals surface area (Å²) in [5.74, 6) is 0.960. The van der Waals surface area contributed by atoms with E-state index in [0.29, 0.717) is 12.3 Å². The van der Waals surface area contributed by atoms with Crippen LogP contribution in [0.4, 0.5) is 0 Å². The number of rotatable bonds is 4. The van der Waals surface area contributed by atoms with Gasteiger partial charge >= 0.3 is 0 Å². The zero-order valence-electron chi connectivity index (χ0n) is 11.3. The predicted molar refractivity (Wildman–Crippen MR) is 68.2 cm³/mol. The molecule has 1 fully saturated rings. The van der Waals surface area contributed by atoms with Gasteiger partial charge in [0, 0.05) is 26.4 Å². The second kappa shape index (κ2) is 6.64. The van der Waals surface area contributed by atoms with Crippen LogP contribution in [-0.4, -0.2) is 24.9 Å². The fraction of sp³-hybridized carbons (Fsp3) is 0.857. The topological polar surface area (TPSA) is 44.1 Å². The Bertz CT molecular complexity index is 287. The van der Waals surface area contributed by atoms with Gasteiger partial charge in [-0.05, 0) is 18.8 Å². The molecular formula is C14H24N2O. The van der Waals surface area contributed by atoms with Gasteiger partial charge in [-0.15, -0.1) is 0 Å². The Labute approximate surface area is 105 Å². The third-order valence-electron chi connectivity index (χ3n) is 4.01. The van der Waals surface area contributed by atoms with Crippen molar-refractivity contribution in [1.82, 2.24) is 4.90 Å². The first-order valence-electron chi connectivity index (χ1n) is 6.66. The van der Waals surface area contributed by atoms with Crippen LogP contribution in [0.25, 0.3) is 0 Å². The van der Waals surface area contributed by atoms with Crippen LogP contribution in [0.15, 0.2) is 0 Å². The van der Waals surface area contributed by atoms with Crippen molar-refractivity contribution in [1.29, 1.82) is 5.26 Å². The summed E-state index contributed by atoms with van der Waals surface area (Å²) in [4.78, 5) is 13.5. The molecule has 1 aliphatic carbocycles. The van der Waals surface area contributed by atoms with Crippen molar-refractivity contribution in [3.63, 3.8) is 0 Å². The summed E-state index contributed by atoms with van der Waals surface area (Å²) in [6, 6.07) is 2.34. The standard InChI is InChI=1S/C14H24N2O/c1-11(10-15)13(9-14(17)16(2)3)12-7-5-4-6-8-12/h11-13H,4-9H2,1-3H3/t11-,13+/m1/s1. The molecule has 0 unspecified atom stereocenters. The van der Waals surface area contributed by atoms with Crippen LogP contribution in [0.2, 0.25) is 0 Å². The van der Waals surface area contributed by atoms with E-state index < -0.39 is 0 Å². The van der Waals surface area contributed by atoms with E-state index in [4.69, 9.17) is 5.26 Å². The Morgan fingerprint density at radius 1 is 1.35 bits per heavy atom. The molecule has 0 aliphatic heterocycles. The van der Waals surface area contributed by atoms with Crippen molar-refractivity contribution >= 4 is 5.91 Å². The molecule has 17 heavy (non-hydrogen) atoms. The summed E-state index contributed by atoms with van der Waals surface area (Å²) < 4.78 is 0. The highest BCUT2D eigenvalue weighted by Crippen LogP contribution is 2.36. The lowest BCUT2D eigenvalue weighted by atomic mass is 9.73. The number of carbonyl (C=O) groups is 1. The molecule has 96 valence electrons. The van der Waals surface area contributed by atoms with Gasteiger partial charge in [-0.2, -0.15) is 5.26 Å². The van der Waals surface area contributed by atoms with Gasteiger partial charge < -0.3 is 4.90 Å².